The van der Waals surface area contributed by atoms with Crippen LogP contribution in [0.3, 0.4) is 0 Å². The van der Waals surface area contributed by atoms with Crippen LogP contribution in [0.15, 0.2) is 325 Å². The summed E-state index contributed by atoms with van der Waals surface area (Å²) in [6.07, 6.45) is 3.85. The summed E-state index contributed by atoms with van der Waals surface area (Å²) in [6, 6.07) is 111. The summed E-state index contributed by atoms with van der Waals surface area (Å²) in [6.45, 7) is 0. The first kappa shape index (κ1) is 49.2. The van der Waals surface area contributed by atoms with E-state index in [0.29, 0.717) is 0 Å². The van der Waals surface area contributed by atoms with E-state index in [2.05, 4.69) is 326 Å². The quantitative estimate of drug-likeness (QED) is 0.143. The van der Waals surface area contributed by atoms with Gasteiger partial charge in [0.1, 0.15) is 12.3 Å². The van der Waals surface area contributed by atoms with Gasteiger partial charge in [0.15, 0.2) is 0 Å². The lowest BCUT2D eigenvalue weighted by Gasteiger charge is -2.34. The number of rotatable bonds is 10. The van der Waals surface area contributed by atoms with Crippen molar-refractivity contribution in [3.8, 4) is 22.3 Å². The molecule has 2 aliphatic heterocycles. The molecule has 0 amide bonds. The van der Waals surface area contributed by atoms with E-state index in [-0.39, 0.29) is 12.3 Å². The molecular formula is C80H56N4. The Hall–Kier alpha value is -10.7. The SMILES string of the molecule is C1=C(c2ccc3c(c2)C(c2ccccc2)(c2ccccc2)c2ccccc2-3)NC(c2ccccc2)N=C1c1cccc2c(C3=NC(c4ccccc4)NC(c4ccc5c(c4)C(c4ccccc4)(c4ccccc4)c4ccccc4-5)=C3)cccc12. The Morgan fingerprint density at radius 1 is 0.262 bits per heavy atom. The second-order valence-corrected chi connectivity index (χ2v) is 22.3. The van der Waals surface area contributed by atoms with Crippen LogP contribution in [-0.4, -0.2) is 11.4 Å². The molecular weight excluding hydrogens is 1020 g/mol. The first-order valence-corrected chi connectivity index (χ1v) is 29.1. The molecule has 0 radical (unpaired) electrons. The van der Waals surface area contributed by atoms with Crippen LogP contribution in [0.4, 0.5) is 0 Å². The van der Waals surface area contributed by atoms with E-state index in [1.807, 2.05) is 0 Å². The standard InChI is InChI=1S/C80H56N4/c1-7-25-53(26-8-1)77-81-73(55-45-47-65-63-37-19-21-43-69(63)79(71(65)49-55,57-29-11-3-12-30-57)58-31-13-4-14-32-58)51-75(83-77)67-41-23-40-62-61(67)39-24-42-68(62)76-52-74(82-78(84-76)54-27-9-2-10-28-54)56-46-48-66-64-38-20-22-44-70(64)80(72(66)50-56,59-33-15-5-16-34-59)60-35-17-6-18-36-60/h1-52,77-78,81-82H. The third-order valence-electron chi connectivity index (χ3n) is 17.9. The van der Waals surface area contributed by atoms with Crippen molar-refractivity contribution in [2.45, 2.75) is 23.2 Å². The van der Waals surface area contributed by atoms with Gasteiger partial charge in [-0.3, -0.25) is 9.98 Å². The lowest BCUT2D eigenvalue weighted by atomic mass is 9.67. The molecule has 4 nitrogen and oxygen atoms in total. The second kappa shape index (κ2) is 20.1. The van der Waals surface area contributed by atoms with Crippen molar-refractivity contribution >= 4 is 33.6 Å². The molecule has 2 aliphatic carbocycles. The van der Waals surface area contributed by atoms with Gasteiger partial charge >= 0.3 is 0 Å². The van der Waals surface area contributed by atoms with Gasteiger partial charge < -0.3 is 10.6 Å². The Labute approximate surface area is 490 Å². The van der Waals surface area contributed by atoms with E-state index in [1.54, 1.807) is 0 Å². The van der Waals surface area contributed by atoms with Crippen LogP contribution in [0, 0.1) is 0 Å². The number of fused-ring (bicyclic) bond motifs is 7. The number of allylic oxidation sites excluding steroid dienone is 2. The summed E-state index contributed by atoms with van der Waals surface area (Å²) < 4.78 is 0. The summed E-state index contributed by atoms with van der Waals surface area (Å²) >= 11 is 0. The lowest BCUT2D eigenvalue weighted by molar-refractivity contribution is 0.663. The molecule has 2 atom stereocenters. The number of aliphatic imine (C=N–C) groups is 2. The monoisotopic (exact) mass is 1070 g/mol. The van der Waals surface area contributed by atoms with Crippen molar-refractivity contribution in [1.29, 1.82) is 0 Å². The molecule has 2 heterocycles. The van der Waals surface area contributed by atoms with Crippen molar-refractivity contribution < 1.29 is 0 Å². The summed E-state index contributed by atoms with van der Waals surface area (Å²) in [4.78, 5) is 11.2. The van der Waals surface area contributed by atoms with Crippen molar-refractivity contribution in [1.82, 2.24) is 10.6 Å². The van der Waals surface area contributed by atoms with Crippen molar-refractivity contribution in [2.24, 2.45) is 9.98 Å². The first-order valence-electron chi connectivity index (χ1n) is 29.1. The molecule has 16 rings (SSSR count). The van der Waals surface area contributed by atoms with E-state index < -0.39 is 10.8 Å². The normalized spacial score (nSPS) is 16.8. The highest BCUT2D eigenvalue weighted by Gasteiger charge is 2.48. The van der Waals surface area contributed by atoms with E-state index >= 15 is 0 Å². The molecule has 0 aromatic heterocycles. The van der Waals surface area contributed by atoms with Gasteiger partial charge in [-0.2, -0.15) is 0 Å². The molecule has 4 heteroatoms. The van der Waals surface area contributed by atoms with Crippen LogP contribution in [0.25, 0.3) is 44.4 Å². The number of benzene rings is 12. The molecule has 0 fully saturated rings. The van der Waals surface area contributed by atoms with Gasteiger partial charge in [0.2, 0.25) is 0 Å². The van der Waals surface area contributed by atoms with Gasteiger partial charge in [0, 0.05) is 22.5 Å². The predicted molar refractivity (Wildman–Crippen MR) is 345 cm³/mol. The molecule has 4 aliphatic rings. The number of nitrogens with one attached hydrogen (secondary N) is 2. The number of hydrogen-bond acceptors (Lipinski definition) is 4. The zero-order valence-corrected chi connectivity index (χ0v) is 46.1. The summed E-state index contributed by atoms with van der Waals surface area (Å²) in [5.41, 5.74) is 24.3. The number of nitrogens with zero attached hydrogens (tertiary/aromatic N) is 2. The molecule has 0 saturated carbocycles. The van der Waals surface area contributed by atoms with E-state index in [1.165, 1.54) is 66.8 Å². The average Bonchev–Trinajstić information content (AvgIpc) is 1.87. The van der Waals surface area contributed by atoms with Crippen LogP contribution in [0.2, 0.25) is 0 Å². The molecule has 84 heavy (non-hydrogen) atoms. The molecule has 12 aromatic rings. The van der Waals surface area contributed by atoms with Gasteiger partial charge in [-0.25, -0.2) is 0 Å². The minimum absolute atomic E-state index is 0.341. The van der Waals surface area contributed by atoms with Gasteiger partial charge in [0.05, 0.1) is 22.3 Å². The largest absolute Gasteiger partial charge is 0.360 e. The van der Waals surface area contributed by atoms with Crippen LogP contribution in [0.1, 0.15) is 90.2 Å². The first-order chi connectivity index (χ1) is 41.6. The fourth-order valence-electron chi connectivity index (χ4n) is 14.3. The fraction of sp³-hybridized carbons (Fsp3) is 0.0500. The molecule has 396 valence electrons. The minimum atomic E-state index is -0.534. The third-order valence-corrected chi connectivity index (χ3v) is 17.9. The smallest absolute Gasteiger partial charge is 0.145 e. The summed E-state index contributed by atoms with van der Waals surface area (Å²) in [5, 5.41) is 10.1. The highest BCUT2D eigenvalue weighted by atomic mass is 15.1. The Balaban J connectivity index is 0.844. The topological polar surface area (TPSA) is 48.8 Å². The van der Waals surface area contributed by atoms with Gasteiger partial charge in [-0.15, -0.1) is 0 Å². The Bertz CT molecular complexity index is 4260. The van der Waals surface area contributed by atoms with E-state index in [9.17, 15) is 0 Å². The van der Waals surface area contributed by atoms with Crippen molar-refractivity contribution in [3.05, 3.63) is 393 Å². The Morgan fingerprint density at radius 3 is 0.940 bits per heavy atom. The fourth-order valence-corrected chi connectivity index (χ4v) is 14.3. The third kappa shape index (κ3) is 7.75. The molecule has 2 N–H and O–H groups in total. The highest BCUT2D eigenvalue weighted by molar-refractivity contribution is 6.24. The van der Waals surface area contributed by atoms with E-state index in [4.69, 9.17) is 9.98 Å². The van der Waals surface area contributed by atoms with Gasteiger partial charge in [-0.1, -0.05) is 291 Å². The lowest BCUT2D eigenvalue weighted by Crippen LogP contribution is -2.29. The van der Waals surface area contributed by atoms with Crippen LogP contribution < -0.4 is 10.6 Å². The molecule has 12 aromatic carbocycles. The van der Waals surface area contributed by atoms with Gasteiger partial charge in [-0.05, 0) is 124 Å². The molecule has 0 saturated heterocycles. The predicted octanol–water partition coefficient (Wildman–Crippen LogP) is 17.8. The maximum absolute atomic E-state index is 5.60. The molecule has 0 spiro atoms. The average molecular weight is 1070 g/mol. The molecule has 0 bridgehead atoms. The zero-order chi connectivity index (χ0) is 55.6. The van der Waals surface area contributed by atoms with Gasteiger partial charge in [0.25, 0.3) is 0 Å². The highest BCUT2D eigenvalue weighted by Crippen LogP contribution is 2.58. The van der Waals surface area contributed by atoms with Crippen molar-refractivity contribution in [2.75, 3.05) is 0 Å². The van der Waals surface area contributed by atoms with Crippen LogP contribution >= 0.6 is 0 Å². The second-order valence-electron chi connectivity index (χ2n) is 22.3. The zero-order valence-electron chi connectivity index (χ0n) is 46.1. The number of hydrogen-bond donors (Lipinski definition) is 2. The maximum Gasteiger partial charge on any atom is 0.145 e. The summed E-state index contributed by atoms with van der Waals surface area (Å²) in [7, 11) is 0. The summed E-state index contributed by atoms with van der Waals surface area (Å²) in [5.74, 6) is 0. The minimum Gasteiger partial charge on any atom is -0.360 e. The van der Waals surface area contributed by atoms with Crippen LogP contribution in [0.5, 0.6) is 0 Å². The Kier molecular flexibility index (Phi) is 11.8. The van der Waals surface area contributed by atoms with Crippen LogP contribution in [-0.2, 0) is 10.8 Å². The van der Waals surface area contributed by atoms with Crippen molar-refractivity contribution in [3.63, 3.8) is 0 Å². The van der Waals surface area contributed by atoms with E-state index in [0.717, 1.165) is 67.0 Å². The molecule has 2 unspecified atom stereocenters. The Morgan fingerprint density at radius 2 is 0.571 bits per heavy atom. The maximum atomic E-state index is 5.60.